The highest BCUT2D eigenvalue weighted by Gasteiger charge is 2.23. The molecule has 1 fully saturated rings. The van der Waals surface area contributed by atoms with Crippen molar-refractivity contribution < 1.29 is 18.9 Å². The van der Waals surface area contributed by atoms with Gasteiger partial charge in [0.05, 0.1) is 5.69 Å². The van der Waals surface area contributed by atoms with Gasteiger partial charge in [0, 0.05) is 60.0 Å². The minimum atomic E-state index is -0.177. The minimum absolute atomic E-state index is 0.177. The minimum Gasteiger partial charge on any atom is -0.486 e. The van der Waals surface area contributed by atoms with Gasteiger partial charge in [-0.3, -0.25) is 4.90 Å². The van der Waals surface area contributed by atoms with Gasteiger partial charge in [-0.2, -0.15) is 0 Å². The van der Waals surface area contributed by atoms with E-state index in [4.69, 9.17) is 18.9 Å². The molecule has 25 heavy (non-hydrogen) atoms. The molecule has 140 valence electrons. The first-order valence-corrected chi connectivity index (χ1v) is 8.94. The van der Waals surface area contributed by atoms with Gasteiger partial charge in [0.2, 0.25) is 0 Å². The van der Waals surface area contributed by atoms with Crippen molar-refractivity contribution in [2.75, 3.05) is 78.1 Å². The van der Waals surface area contributed by atoms with E-state index in [9.17, 15) is 0 Å². The number of piperazine rings is 1. The molecule has 2 heterocycles. The monoisotopic (exact) mass is 351 g/mol. The zero-order chi connectivity index (χ0) is 17.5. The Bertz CT molecular complexity index is 531. The zero-order valence-electron chi connectivity index (χ0n) is 15.2. The van der Waals surface area contributed by atoms with Crippen LogP contribution in [0, 0.1) is 0 Å². The van der Waals surface area contributed by atoms with Gasteiger partial charge < -0.3 is 29.2 Å². The van der Waals surface area contributed by atoms with Crippen molar-refractivity contribution >= 4 is 5.69 Å². The summed E-state index contributed by atoms with van der Waals surface area (Å²) in [6.07, 6.45) is -0.177. The third-order valence-corrected chi connectivity index (χ3v) is 4.70. The molecule has 7 nitrogen and oxygen atoms in total. The maximum absolute atomic E-state index is 5.84. The fourth-order valence-corrected chi connectivity index (χ4v) is 3.24. The lowest BCUT2D eigenvalue weighted by Crippen LogP contribution is -2.48. The number of nitrogens with zero attached hydrogens (tertiary/aromatic N) is 2. The summed E-state index contributed by atoms with van der Waals surface area (Å²) in [5.74, 6) is 1.76. The molecule has 0 unspecified atom stereocenters. The van der Waals surface area contributed by atoms with Crippen LogP contribution in [0.4, 0.5) is 5.69 Å². The Hall–Kier alpha value is -1.54. The van der Waals surface area contributed by atoms with Crippen LogP contribution in [0.2, 0.25) is 0 Å². The van der Waals surface area contributed by atoms with Crippen LogP contribution in [-0.2, 0) is 9.47 Å². The van der Waals surface area contributed by atoms with Gasteiger partial charge in [0.25, 0.3) is 0 Å². The molecular weight excluding hydrogens is 322 g/mol. The average Bonchev–Trinajstić information content (AvgIpc) is 2.68. The molecule has 1 N–H and O–H groups in total. The quantitative estimate of drug-likeness (QED) is 0.549. The van der Waals surface area contributed by atoms with Gasteiger partial charge in [-0.15, -0.1) is 0 Å². The Morgan fingerprint density at radius 2 is 1.84 bits per heavy atom. The summed E-state index contributed by atoms with van der Waals surface area (Å²) in [7, 11) is 3.32. The fraction of sp³-hybridized carbons (Fsp3) is 0.667. The molecule has 2 aliphatic heterocycles. The van der Waals surface area contributed by atoms with Crippen LogP contribution in [0.3, 0.4) is 0 Å². The fourth-order valence-electron chi connectivity index (χ4n) is 3.24. The van der Waals surface area contributed by atoms with Crippen molar-refractivity contribution in [2.45, 2.75) is 6.29 Å². The first-order valence-electron chi connectivity index (χ1n) is 8.94. The van der Waals surface area contributed by atoms with Gasteiger partial charge in [-0.05, 0) is 12.1 Å². The van der Waals surface area contributed by atoms with E-state index >= 15 is 0 Å². The van der Waals surface area contributed by atoms with Crippen LogP contribution in [-0.4, -0.2) is 84.4 Å². The number of benzene rings is 1. The van der Waals surface area contributed by atoms with E-state index < -0.39 is 0 Å². The molecule has 2 aliphatic rings. The largest absolute Gasteiger partial charge is 0.486 e. The van der Waals surface area contributed by atoms with Crippen LogP contribution in [0.15, 0.2) is 18.2 Å². The maximum atomic E-state index is 5.84. The van der Waals surface area contributed by atoms with Crippen molar-refractivity contribution in [1.82, 2.24) is 10.2 Å². The molecule has 1 aromatic carbocycles. The molecule has 0 aliphatic carbocycles. The molecule has 1 saturated heterocycles. The molecular formula is C18H29N3O4. The highest BCUT2D eigenvalue weighted by molar-refractivity contribution is 5.65. The van der Waals surface area contributed by atoms with Crippen molar-refractivity contribution in [3.05, 3.63) is 18.2 Å². The Balaban J connectivity index is 1.43. The second-order valence-electron chi connectivity index (χ2n) is 6.24. The highest BCUT2D eigenvalue weighted by atomic mass is 16.7. The summed E-state index contributed by atoms with van der Waals surface area (Å²) in [5.41, 5.74) is 1.15. The first kappa shape index (κ1) is 18.3. The summed E-state index contributed by atoms with van der Waals surface area (Å²) in [6, 6.07) is 6.15. The number of ether oxygens (including phenoxy) is 4. The topological polar surface area (TPSA) is 55.4 Å². The lowest BCUT2D eigenvalue weighted by molar-refractivity contribution is -0.0987. The van der Waals surface area contributed by atoms with E-state index in [0.29, 0.717) is 19.8 Å². The normalized spacial score (nSPS) is 18.0. The molecule has 3 rings (SSSR count). The van der Waals surface area contributed by atoms with Gasteiger partial charge in [0.15, 0.2) is 17.8 Å². The molecule has 0 saturated carbocycles. The predicted molar refractivity (Wildman–Crippen MR) is 96.8 cm³/mol. The number of anilines is 1. The number of methoxy groups -OCH3 is 2. The number of hydrogen-bond acceptors (Lipinski definition) is 7. The number of fused-ring (bicyclic) bond motifs is 1. The summed E-state index contributed by atoms with van der Waals surface area (Å²) in [5, 5.41) is 3.38. The van der Waals surface area contributed by atoms with E-state index in [1.54, 1.807) is 14.2 Å². The Morgan fingerprint density at radius 1 is 1.08 bits per heavy atom. The zero-order valence-corrected chi connectivity index (χ0v) is 15.2. The number of para-hydroxylation sites is 1. The van der Waals surface area contributed by atoms with Crippen molar-refractivity contribution in [3.63, 3.8) is 0 Å². The molecule has 0 spiro atoms. The molecule has 0 amide bonds. The van der Waals surface area contributed by atoms with Crippen LogP contribution >= 0.6 is 0 Å². The molecule has 0 bridgehead atoms. The Kier molecular flexibility index (Phi) is 6.75. The maximum Gasteiger partial charge on any atom is 0.184 e. The van der Waals surface area contributed by atoms with Gasteiger partial charge in [-0.1, -0.05) is 6.07 Å². The smallest absolute Gasteiger partial charge is 0.184 e. The van der Waals surface area contributed by atoms with Gasteiger partial charge >= 0.3 is 0 Å². The van der Waals surface area contributed by atoms with E-state index in [1.165, 1.54) is 0 Å². The number of nitrogens with one attached hydrogen (secondary N) is 1. The standard InChI is InChI=1S/C18H29N3O4/c1-22-17(23-2)14-19-6-7-20-8-10-21(11-9-20)15-4-3-5-16-18(15)25-13-12-24-16/h3-5,17,19H,6-14H2,1-2H3. The van der Waals surface area contributed by atoms with Crippen molar-refractivity contribution in [1.29, 1.82) is 0 Å². The number of hydrogen-bond donors (Lipinski definition) is 1. The van der Waals surface area contributed by atoms with Gasteiger partial charge in [0.1, 0.15) is 13.2 Å². The van der Waals surface area contributed by atoms with Crippen molar-refractivity contribution in [3.8, 4) is 11.5 Å². The van der Waals surface area contributed by atoms with Crippen LogP contribution in [0.1, 0.15) is 0 Å². The predicted octanol–water partition coefficient (Wildman–Crippen LogP) is 0.788. The second kappa shape index (κ2) is 9.24. The molecule has 1 aromatic rings. The summed E-state index contributed by atoms with van der Waals surface area (Å²) in [4.78, 5) is 4.87. The van der Waals surface area contributed by atoms with E-state index in [0.717, 1.165) is 56.5 Å². The summed E-state index contributed by atoms with van der Waals surface area (Å²) < 4.78 is 21.9. The third kappa shape index (κ3) is 4.76. The van der Waals surface area contributed by atoms with Crippen LogP contribution < -0.4 is 19.7 Å². The van der Waals surface area contributed by atoms with Crippen LogP contribution in [0.5, 0.6) is 11.5 Å². The molecule has 7 heteroatoms. The molecule has 0 atom stereocenters. The number of rotatable bonds is 8. The third-order valence-electron chi connectivity index (χ3n) is 4.70. The van der Waals surface area contributed by atoms with Gasteiger partial charge in [-0.25, -0.2) is 0 Å². The van der Waals surface area contributed by atoms with E-state index in [1.807, 2.05) is 12.1 Å². The lowest BCUT2D eigenvalue weighted by Gasteiger charge is -2.37. The molecule has 0 radical (unpaired) electrons. The van der Waals surface area contributed by atoms with Crippen molar-refractivity contribution in [2.24, 2.45) is 0 Å². The van der Waals surface area contributed by atoms with E-state index in [-0.39, 0.29) is 6.29 Å². The average molecular weight is 351 g/mol. The lowest BCUT2D eigenvalue weighted by atomic mass is 10.2. The Labute approximate surface area is 149 Å². The summed E-state index contributed by atoms with van der Waals surface area (Å²) >= 11 is 0. The second-order valence-corrected chi connectivity index (χ2v) is 6.24. The van der Waals surface area contributed by atoms with Crippen LogP contribution in [0.25, 0.3) is 0 Å². The Morgan fingerprint density at radius 3 is 2.60 bits per heavy atom. The molecule has 0 aromatic heterocycles. The van der Waals surface area contributed by atoms with E-state index in [2.05, 4.69) is 21.2 Å². The SMILES string of the molecule is COC(CNCCN1CCN(c2cccc3c2OCCO3)CC1)OC. The summed E-state index contributed by atoms with van der Waals surface area (Å²) in [6.45, 7) is 8.01. The highest BCUT2D eigenvalue weighted by Crippen LogP contribution is 2.39. The first-order chi connectivity index (χ1) is 12.3.